The highest BCUT2D eigenvalue weighted by Crippen LogP contribution is 2.26. The van der Waals surface area contributed by atoms with Crippen LogP contribution in [0.4, 0.5) is 0 Å². The molecule has 0 saturated heterocycles. The van der Waals surface area contributed by atoms with Crippen LogP contribution in [-0.4, -0.2) is 21.5 Å². The molecule has 0 amide bonds. The lowest BCUT2D eigenvalue weighted by Gasteiger charge is -2.09. The number of imidazole rings is 1. The molecule has 0 spiro atoms. The van der Waals surface area contributed by atoms with Crippen molar-refractivity contribution in [2.45, 2.75) is 19.8 Å². The number of hydrogen-bond donors (Lipinski definition) is 0. The highest BCUT2D eigenvalue weighted by atomic mass is 16.5. The van der Waals surface area contributed by atoms with Gasteiger partial charge in [0.05, 0.1) is 30.9 Å². The molecule has 0 bridgehead atoms. The summed E-state index contributed by atoms with van der Waals surface area (Å²) in [6.07, 6.45) is 5.76. The van der Waals surface area contributed by atoms with Crippen LogP contribution in [0.25, 0.3) is 28.2 Å². The minimum atomic E-state index is 0.488. The van der Waals surface area contributed by atoms with Gasteiger partial charge in [0.15, 0.2) is 5.65 Å². The van der Waals surface area contributed by atoms with Crippen LogP contribution in [0.3, 0.4) is 0 Å². The third-order valence-electron chi connectivity index (χ3n) is 4.63. The summed E-state index contributed by atoms with van der Waals surface area (Å²) in [5, 5.41) is 0. The van der Waals surface area contributed by atoms with Gasteiger partial charge >= 0.3 is 0 Å². The van der Waals surface area contributed by atoms with Gasteiger partial charge in [-0.1, -0.05) is 32.0 Å². The monoisotopic (exact) mass is 343 g/mol. The molecular weight excluding hydrogens is 322 g/mol. The summed E-state index contributed by atoms with van der Waals surface area (Å²) in [5.74, 6) is 1.33. The molecule has 0 aliphatic rings. The topological polar surface area (TPSA) is 39.4 Å². The Morgan fingerprint density at radius 3 is 2.46 bits per heavy atom. The Kier molecular flexibility index (Phi) is 4.17. The van der Waals surface area contributed by atoms with E-state index in [4.69, 9.17) is 4.74 Å². The molecule has 0 N–H and O–H groups in total. The highest BCUT2D eigenvalue weighted by Gasteiger charge is 2.09. The lowest BCUT2D eigenvalue weighted by molar-refractivity contribution is 0.415. The van der Waals surface area contributed by atoms with Crippen LogP contribution >= 0.6 is 0 Å². The van der Waals surface area contributed by atoms with E-state index in [2.05, 4.69) is 58.7 Å². The summed E-state index contributed by atoms with van der Waals surface area (Å²) >= 11 is 0. The van der Waals surface area contributed by atoms with Crippen molar-refractivity contribution in [3.05, 3.63) is 72.7 Å². The zero-order valence-corrected chi connectivity index (χ0v) is 15.2. The van der Waals surface area contributed by atoms with Crippen molar-refractivity contribution in [1.29, 1.82) is 0 Å². The average molecular weight is 343 g/mol. The van der Waals surface area contributed by atoms with Gasteiger partial charge in [-0.2, -0.15) is 0 Å². The zero-order chi connectivity index (χ0) is 18.1. The second-order valence-electron chi connectivity index (χ2n) is 6.65. The van der Waals surface area contributed by atoms with Crippen LogP contribution < -0.4 is 4.74 Å². The van der Waals surface area contributed by atoms with Crippen molar-refractivity contribution in [2.75, 3.05) is 7.11 Å². The van der Waals surface area contributed by atoms with Gasteiger partial charge in [0.2, 0.25) is 0 Å². The average Bonchev–Trinajstić information content (AvgIpc) is 3.11. The molecule has 0 aliphatic carbocycles. The van der Waals surface area contributed by atoms with E-state index >= 15 is 0 Å². The molecule has 0 saturated carbocycles. The first-order chi connectivity index (χ1) is 12.7. The summed E-state index contributed by atoms with van der Waals surface area (Å²) in [6, 6.07) is 16.6. The molecule has 0 radical (unpaired) electrons. The first kappa shape index (κ1) is 16.3. The molecule has 0 fully saturated rings. The molecule has 4 rings (SSSR count). The normalized spacial score (nSPS) is 11.2. The highest BCUT2D eigenvalue weighted by molar-refractivity contribution is 5.67. The van der Waals surface area contributed by atoms with Crippen molar-refractivity contribution in [2.24, 2.45) is 0 Å². The minimum Gasteiger partial charge on any atom is -0.497 e. The molecule has 0 atom stereocenters. The predicted octanol–water partition coefficient (Wildman–Crippen LogP) is 5.20. The number of fused-ring (bicyclic) bond motifs is 1. The lowest BCUT2D eigenvalue weighted by atomic mass is 10.00. The largest absolute Gasteiger partial charge is 0.497 e. The Morgan fingerprint density at radius 2 is 1.73 bits per heavy atom. The molecule has 4 aromatic rings. The SMILES string of the molecule is COc1ccc(-c2cnc3cnc(-c4cccc(C(C)C)c4)cn23)cc1. The summed E-state index contributed by atoms with van der Waals surface area (Å²) in [4.78, 5) is 9.10. The van der Waals surface area contributed by atoms with E-state index in [0.717, 1.165) is 33.9 Å². The van der Waals surface area contributed by atoms with Gasteiger partial charge < -0.3 is 4.74 Å². The van der Waals surface area contributed by atoms with E-state index in [9.17, 15) is 0 Å². The molecule has 0 unspecified atom stereocenters. The van der Waals surface area contributed by atoms with Crippen LogP contribution in [0.5, 0.6) is 5.75 Å². The number of rotatable bonds is 4. The number of nitrogens with zero attached hydrogens (tertiary/aromatic N) is 3. The van der Waals surface area contributed by atoms with Gasteiger partial charge in [-0.3, -0.25) is 9.38 Å². The molecule has 2 heterocycles. The van der Waals surface area contributed by atoms with Crippen molar-refractivity contribution in [3.63, 3.8) is 0 Å². The van der Waals surface area contributed by atoms with Crippen molar-refractivity contribution in [1.82, 2.24) is 14.4 Å². The smallest absolute Gasteiger partial charge is 0.155 e. The standard InChI is InChI=1S/C22H21N3O/c1-15(2)17-5-4-6-18(11-17)20-14-25-21(12-24-22(25)13-23-20)16-7-9-19(26-3)10-8-16/h4-15H,1-3H3. The Morgan fingerprint density at radius 1 is 0.923 bits per heavy atom. The molecule has 4 nitrogen and oxygen atoms in total. The van der Waals surface area contributed by atoms with E-state index in [-0.39, 0.29) is 0 Å². The van der Waals surface area contributed by atoms with E-state index in [1.165, 1.54) is 5.56 Å². The van der Waals surface area contributed by atoms with Crippen LogP contribution in [0.2, 0.25) is 0 Å². The Balaban J connectivity index is 1.80. The molecule has 2 aromatic heterocycles. The molecule has 130 valence electrons. The Bertz CT molecular complexity index is 1050. The first-order valence-electron chi connectivity index (χ1n) is 8.73. The third-order valence-corrected chi connectivity index (χ3v) is 4.63. The van der Waals surface area contributed by atoms with Gasteiger partial charge in [0, 0.05) is 17.3 Å². The second-order valence-corrected chi connectivity index (χ2v) is 6.65. The molecule has 2 aromatic carbocycles. The van der Waals surface area contributed by atoms with Crippen LogP contribution in [0, 0.1) is 0 Å². The Labute approximate surface area is 153 Å². The van der Waals surface area contributed by atoms with E-state index in [0.29, 0.717) is 5.92 Å². The molecule has 0 aliphatic heterocycles. The maximum absolute atomic E-state index is 5.25. The third kappa shape index (κ3) is 2.94. The second kappa shape index (κ2) is 6.64. The van der Waals surface area contributed by atoms with Crippen molar-refractivity contribution < 1.29 is 4.74 Å². The van der Waals surface area contributed by atoms with Crippen molar-refractivity contribution >= 4 is 5.65 Å². The number of aromatic nitrogens is 3. The lowest BCUT2D eigenvalue weighted by Crippen LogP contribution is -1.94. The zero-order valence-electron chi connectivity index (χ0n) is 15.2. The van der Waals surface area contributed by atoms with E-state index in [1.807, 2.05) is 36.7 Å². The van der Waals surface area contributed by atoms with Crippen molar-refractivity contribution in [3.8, 4) is 28.3 Å². The van der Waals surface area contributed by atoms with Crippen LogP contribution in [-0.2, 0) is 0 Å². The first-order valence-corrected chi connectivity index (χ1v) is 8.73. The van der Waals surface area contributed by atoms with Gasteiger partial charge in [-0.25, -0.2) is 4.98 Å². The van der Waals surface area contributed by atoms with E-state index < -0.39 is 0 Å². The van der Waals surface area contributed by atoms with Gasteiger partial charge in [0.1, 0.15) is 5.75 Å². The van der Waals surface area contributed by atoms with Gasteiger partial charge in [-0.15, -0.1) is 0 Å². The predicted molar refractivity (Wildman–Crippen MR) is 105 cm³/mol. The van der Waals surface area contributed by atoms with Crippen LogP contribution in [0.15, 0.2) is 67.1 Å². The summed E-state index contributed by atoms with van der Waals surface area (Å²) < 4.78 is 7.34. The Hall–Kier alpha value is -3.14. The number of benzene rings is 2. The summed E-state index contributed by atoms with van der Waals surface area (Å²) in [7, 11) is 1.67. The molecule has 26 heavy (non-hydrogen) atoms. The fraction of sp³-hybridized carbons (Fsp3) is 0.182. The van der Waals surface area contributed by atoms with Crippen LogP contribution in [0.1, 0.15) is 25.3 Å². The number of methoxy groups -OCH3 is 1. The number of hydrogen-bond acceptors (Lipinski definition) is 3. The maximum atomic E-state index is 5.25. The van der Waals surface area contributed by atoms with Gasteiger partial charge in [0.25, 0.3) is 0 Å². The van der Waals surface area contributed by atoms with E-state index in [1.54, 1.807) is 7.11 Å². The fourth-order valence-electron chi connectivity index (χ4n) is 3.07. The summed E-state index contributed by atoms with van der Waals surface area (Å²) in [6.45, 7) is 4.40. The number of ether oxygens (including phenoxy) is 1. The molecule has 4 heteroatoms. The maximum Gasteiger partial charge on any atom is 0.155 e. The quantitative estimate of drug-likeness (QED) is 0.511. The summed E-state index contributed by atoms with van der Waals surface area (Å²) in [5.41, 5.74) is 6.32. The molecular formula is C22H21N3O. The minimum absolute atomic E-state index is 0.488. The fourth-order valence-corrected chi connectivity index (χ4v) is 3.07. The van der Waals surface area contributed by atoms with Gasteiger partial charge in [-0.05, 0) is 41.8 Å².